The van der Waals surface area contributed by atoms with Gasteiger partial charge in [0, 0.05) is 31.3 Å². The van der Waals surface area contributed by atoms with Crippen molar-refractivity contribution in [3.63, 3.8) is 0 Å². The van der Waals surface area contributed by atoms with E-state index in [2.05, 4.69) is 25.7 Å². The van der Waals surface area contributed by atoms with Gasteiger partial charge in [0.25, 0.3) is 0 Å². The Hall–Kier alpha value is -1.06. The Balaban J connectivity index is 2.90. The zero-order valence-corrected chi connectivity index (χ0v) is 12.1. The molecule has 0 radical (unpaired) electrons. The van der Waals surface area contributed by atoms with Gasteiger partial charge in [0.2, 0.25) is 0 Å². The summed E-state index contributed by atoms with van der Waals surface area (Å²) in [5, 5.41) is 10.1. The number of hydrogen-bond donors (Lipinski definition) is 1. The maximum atomic E-state index is 10.1. The maximum absolute atomic E-state index is 10.1. The van der Waals surface area contributed by atoms with E-state index in [9.17, 15) is 5.11 Å². The van der Waals surface area contributed by atoms with Crippen LogP contribution in [0.25, 0.3) is 0 Å². The third-order valence-electron chi connectivity index (χ3n) is 3.35. The summed E-state index contributed by atoms with van der Waals surface area (Å²) < 4.78 is 5.15. The predicted octanol–water partition coefficient (Wildman–Crippen LogP) is 3.12. The highest BCUT2D eigenvalue weighted by Crippen LogP contribution is 2.30. The Kier molecular flexibility index (Phi) is 5.63. The second kappa shape index (κ2) is 6.76. The summed E-state index contributed by atoms with van der Waals surface area (Å²) >= 11 is 0. The van der Waals surface area contributed by atoms with Gasteiger partial charge in [-0.2, -0.15) is 0 Å². The Morgan fingerprint density at radius 1 is 1.28 bits per heavy atom. The van der Waals surface area contributed by atoms with E-state index >= 15 is 0 Å². The SMILES string of the molecule is COCCN(C(C)C)C(C)c1ccc(C)cc1O. The zero-order valence-electron chi connectivity index (χ0n) is 12.1. The van der Waals surface area contributed by atoms with Gasteiger partial charge in [-0.05, 0) is 39.3 Å². The van der Waals surface area contributed by atoms with E-state index in [1.807, 2.05) is 25.1 Å². The first-order chi connectivity index (χ1) is 8.47. The Morgan fingerprint density at radius 3 is 2.44 bits per heavy atom. The molecule has 0 fully saturated rings. The number of phenolic OH excluding ortho intramolecular Hbond substituents is 1. The highest BCUT2D eigenvalue weighted by atomic mass is 16.5. The lowest BCUT2D eigenvalue weighted by Gasteiger charge is -2.33. The van der Waals surface area contributed by atoms with E-state index in [4.69, 9.17) is 4.74 Å². The van der Waals surface area contributed by atoms with E-state index < -0.39 is 0 Å². The fourth-order valence-corrected chi connectivity index (χ4v) is 2.28. The Morgan fingerprint density at radius 2 is 1.94 bits per heavy atom. The number of rotatable bonds is 6. The number of nitrogens with zero attached hydrogens (tertiary/aromatic N) is 1. The lowest BCUT2D eigenvalue weighted by molar-refractivity contribution is 0.101. The second-order valence-corrected chi connectivity index (χ2v) is 5.06. The summed E-state index contributed by atoms with van der Waals surface area (Å²) in [5.41, 5.74) is 2.06. The molecule has 1 rings (SSSR count). The lowest BCUT2D eigenvalue weighted by atomic mass is 10.0. The average molecular weight is 251 g/mol. The molecule has 1 N–H and O–H groups in total. The number of aryl methyl sites for hydroxylation is 1. The molecule has 1 aromatic rings. The molecule has 0 saturated heterocycles. The molecule has 3 heteroatoms. The van der Waals surface area contributed by atoms with Crippen LogP contribution in [-0.4, -0.2) is 36.3 Å². The van der Waals surface area contributed by atoms with Crippen LogP contribution in [0, 0.1) is 6.92 Å². The number of methoxy groups -OCH3 is 1. The minimum Gasteiger partial charge on any atom is -0.508 e. The van der Waals surface area contributed by atoms with E-state index in [0.29, 0.717) is 18.4 Å². The molecular formula is C15H25NO2. The van der Waals surface area contributed by atoms with Crippen LogP contribution in [0.15, 0.2) is 18.2 Å². The minimum absolute atomic E-state index is 0.181. The molecule has 3 nitrogen and oxygen atoms in total. The van der Waals surface area contributed by atoms with Crippen LogP contribution in [0.5, 0.6) is 5.75 Å². The maximum Gasteiger partial charge on any atom is 0.120 e. The van der Waals surface area contributed by atoms with Gasteiger partial charge in [0.05, 0.1) is 6.61 Å². The molecule has 0 saturated carbocycles. The topological polar surface area (TPSA) is 32.7 Å². The van der Waals surface area contributed by atoms with Gasteiger partial charge in [-0.15, -0.1) is 0 Å². The highest BCUT2D eigenvalue weighted by molar-refractivity contribution is 5.37. The molecule has 102 valence electrons. The lowest BCUT2D eigenvalue weighted by Crippen LogP contribution is -2.36. The molecule has 0 aliphatic heterocycles. The largest absolute Gasteiger partial charge is 0.508 e. The smallest absolute Gasteiger partial charge is 0.120 e. The van der Waals surface area contributed by atoms with Crippen molar-refractivity contribution in [3.05, 3.63) is 29.3 Å². The predicted molar refractivity (Wildman–Crippen MR) is 75.0 cm³/mol. The van der Waals surface area contributed by atoms with Crippen LogP contribution in [0.3, 0.4) is 0 Å². The third-order valence-corrected chi connectivity index (χ3v) is 3.35. The van der Waals surface area contributed by atoms with Crippen LogP contribution in [0.2, 0.25) is 0 Å². The molecule has 0 spiro atoms. The first-order valence-electron chi connectivity index (χ1n) is 6.51. The van der Waals surface area contributed by atoms with Gasteiger partial charge in [-0.1, -0.05) is 12.1 Å². The van der Waals surface area contributed by atoms with Crippen molar-refractivity contribution in [1.82, 2.24) is 4.90 Å². The van der Waals surface area contributed by atoms with Gasteiger partial charge in [0.1, 0.15) is 5.75 Å². The monoisotopic (exact) mass is 251 g/mol. The normalized spacial score (nSPS) is 13.3. The van der Waals surface area contributed by atoms with Crippen LogP contribution in [0.4, 0.5) is 0 Å². The van der Waals surface area contributed by atoms with Crippen molar-refractivity contribution in [2.45, 2.75) is 39.8 Å². The van der Waals surface area contributed by atoms with Gasteiger partial charge in [-0.3, -0.25) is 4.90 Å². The molecule has 18 heavy (non-hydrogen) atoms. The van der Waals surface area contributed by atoms with Gasteiger partial charge in [-0.25, -0.2) is 0 Å². The van der Waals surface area contributed by atoms with E-state index in [-0.39, 0.29) is 6.04 Å². The second-order valence-electron chi connectivity index (χ2n) is 5.06. The number of aromatic hydroxyl groups is 1. The molecule has 0 amide bonds. The van der Waals surface area contributed by atoms with Crippen molar-refractivity contribution in [2.24, 2.45) is 0 Å². The zero-order chi connectivity index (χ0) is 13.7. The molecule has 1 aromatic carbocycles. The molecule has 0 bridgehead atoms. The first kappa shape index (κ1) is 15.0. The summed E-state index contributed by atoms with van der Waals surface area (Å²) in [7, 11) is 1.71. The molecule has 1 atom stereocenters. The fourth-order valence-electron chi connectivity index (χ4n) is 2.28. The fraction of sp³-hybridized carbons (Fsp3) is 0.600. The summed E-state index contributed by atoms with van der Waals surface area (Å²) in [4.78, 5) is 2.33. The van der Waals surface area contributed by atoms with E-state index in [1.54, 1.807) is 7.11 Å². The standard InChI is InChI=1S/C15H25NO2/c1-11(2)16(8-9-18-5)13(4)14-7-6-12(3)10-15(14)17/h6-7,10-11,13,17H,8-9H2,1-5H3. The highest BCUT2D eigenvalue weighted by Gasteiger charge is 2.20. The third kappa shape index (κ3) is 3.72. The molecule has 1 unspecified atom stereocenters. The van der Waals surface area contributed by atoms with Gasteiger partial charge < -0.3 is 9.84 Å². The van der Waals surface area contributed by atoms with Crippen molar-refractivity contribution < 1.29 is 9.84 Å². The van der Waals surface area contributed by atoms with Gasteiger partial charge >= 0.3 is 0 Å². The van der Waals surface area contributed by atoms with Crippen molar-refractivity contribution >= 4 is 0 Å². The first-order valence-corrected chi connectivity index (χ1v) is 6.51. The number of benzene rings is 1. The summed E-state index contributed by atoms with van der Waals surface area (Å²) in [6, 6.07) is 6.47. The van der Waals surface area contributed by atoms with E-state index in [0.717, 1.165) is 17.7 Å². The molecular weight excluding hydrogens is 226 g/mol. The number of hydrogen-bond acceptors (Lipinski definition) is 3. The quantitative estimate of drug-likeness (QED) is 0.843. The molecule has 0 aromatic heterocycles. The van der Waals surface area contributed by atoms with Crippen molar-refractivity contribution in [3.8, 4) is 5.75 Å². The summed E-state index contributed by atoms with van der Waals surface area (Å²) in [6.07, 6.45) is 0. The Bertz CT molecular complexity index is 377. The van der Waals surface area contributed by atoms with Crippen molar-refractivity contribution in [1.29, 1.82) is 0 Å². The summed E-state index contributed by atoms with van der Waals surface area (Å²) in [6.45, 7) is 10.0. The summed E-state index contributed by atoms with van der Waals surface area (Å²) in [5.74, 6) is 0.380. The van der Waals surface area contributed by atoms with Crippen LogP contribution < -0.4 is 0 Å². The van der Waals surface area contributed by atoms with Crippen LogP contribution >= 0.6 is 0 Å². The van der Waals surface area contributed by atoms with Crippen LogP contribution in [0.1, 0.15) is 37.9 Å². The van der Waals surface area contributed by atoms with E-state index in [1.165, 1.54) is 0 Å². The number of ether oxygens (including phenoxy) is 1. The number of phenols is 1. The van der Waals surface area contributed by atoms with Gasteiger partial charge in [0.15, 0.2) is 0 Å². The van der Waals surface area contributed by atoms with Crippen LogP contribution in [-0.2, 0) is 4.74 Å². The Labute approximate surface area is 110 Å². The molecule has 0 aliphatic carbocycles. The molecule has 0 aliphatic rings. The molecule has 0 heterocycles. The minimum atomic E-state index is 0.181. The average Bonchev–Trinajstić information content (AvgIpc) is 2.28. The van der Waals surface area contributed by atoms with Crippen molar-refractivity contribution in [2.75, 3.05) is 20.3 Å².